The molecule has 3 rings (SSSR count). The van der Waals surface area contributed by atoms with E-state index in [-0.39, 0.29) is 5.91 Å². The SMILES string of the molecule is O=C1NC(=Nc2cccc(Cl)c2)S/C1=C\c1ccccc1. The van der Waals surface area contributed by atoms with Crippen LogP contribution in [0.15, 0.2) is 64.5 Å². The number of benzene rings is 2. The quantitative estimate of drug-likeness (QED) is 0.843. The van der Waals surface area contributed by atoms with Crippen LogP contribution >= 0.6 is 23.4 Å². The second-order valence-corrected chi connectivity index (χ2v) is 5.84. The molecule has 0 spiro atoms. The number of aliphatic imine (C=N–C) groups is 1. The molecule has 0 radical (unpaired) electrons. The van der Waals surface area contributed by atoms with Gasteiger partial charge in [-0.3, -0.25) is 4.79 Å². The third-order valence-electron chi connectivity index (χ3n) is 2.79. The number of carbonyl (C=O) groups excluding carboxylic acids is 1. The van der Waals surface area contributed by atoms with Crippen LogP contribution in [0.25, 0.3) is 6.08 Å². The third kappa shape index (κ3) is 3.54. The molecule has 2 aromatic carbocycles. The zero-order chi connectivity index (χ0) is 14.7. The molecule has 21 heavy (non-hydrogen) atoms. The molecular formula is C16H11ClN2OS. The summed E-state index contributed by atoms with van der Waals surface area (Å²) in [5.41, 5.74) is 1.70. The Labute approximate surface area is 131 Å². The first-order valence-corrected chi connectivity index (χ1v) is 7.50. The van der Waals surface area contributed by atoms with Gasteiger partial charge in [0.2, 0.25) is 0 Å². The summed E-state index contributed by atoms with van der Waals surface area (Å²) >= 11 is 7.24. The highest BCUT2D eigenvalue weighted by Gasteiger charge is 2.23. The smallest absolute Gasteiger partial charge is 0.264 e. The van der Waals surface area contributed by atoms with Crippen molar-refractivity contribution in [2.24, 2.45) is 4.99 Å². The Morgan fingerprint density at radius 1 is 1.10 bits per heavy atom. The first kappa shape index (κ1) is 13.9. The summed E-state index contributed by atoms with van der Waals surface area (Å²) in [6.07, 6.45) is 1.85. The molecule has 1 N–H and O–H groups in total. The summed E-state index contributed by atoms with van der Waals surface area (Å²) in [4.78, 5) is 16.9. The maximum atomic E-state index is 11.9. The third-order valence-corrected chi connectivity index (χ3v) is 3.93. The number of hydrogen-bond acceptors (Lipinski definition) is 3. The number of halogens is 1. The molecule has 1 saturated heterocycles. The molecule has 104 valence electrons. The zero-order valence-electron chi connectivity index (χ0n) is 10.9. The van der Waals surface area contributed by atoms with Crippen LogP contribution in [0, 0.1) is 0 Å². The summed E-state index contributed by atoms with van der Waals surface area (Å²) in [5, 5.41) is 3.93. The van der Waals surface area contributed by atoms with Gasteiger partial charge >= 0.3 is 0 Å². The number of amides is 1. The summed E-state index contributed by atoms with van der Waals surface area (Å²) in [6.45, 7) is 0. The maximum absolute atomic E-state index is 11.9. The highest BCUT2D eigenvalue weighted by atomic mass is 35.5. The number of amidine groups is 1. The molecule has 1 fully saturated rings. The monoisotopic (exact) mass is 314 g/mol. The van der Waals surface area contributed by atoms with Crippen molar-refractivity contribution in [3.05, 3.63) is 70.1 Å². The molecule has 0 bridgehead atoms. The Hall–Kier alpha value is -2.04. The highest BCUT2D eigenvalue weighted by molar-refractivity contribution is 8.18. The van der Waals surface area contributed by atoms with Gasteiger partial charge < -0.3 is 5.32 Å². The number of thioether (sulfide) groups is 1. The molecule has 0 saturated carbocycles. The summed E-state index contributed by atoms with van der Waals surface area (Å²) in [5.74, 6) is -0.135. The number of rotatable bonds is 2. The largest absolute Gasteiger partial charge is 0.300 e. The van der Waals surface area contributed by atoms with Gasteiger partial charge in [0, 0.05) is 5.02 Å². The van der Waals surface area contributed by atoms with Gasteiger partial charge in [0.25, 0.3) is 5.91 Å². The predicted molar refractivity (Wildman–Crippen MR) is 88.7 cm³/mol. The van der Waals surface area contributed by atoms with Crippen LogP contribution in [0.2, 0.25) is 5.02 Å². The maximum Gasteiger partial charge on any atom is 0.264 e. The van der Waals surface area contributed by atoms with Gasteiger partial charge in [-0.25, -0.2) is 4.99 Å². The summed E-state index contributed by atoms with van der Waals surface area (Å²) in [6, 6.07) is 16.9. The van der Waals surface area contributed by atoms with Crippen LogP contribution in [0.1, 0.15) is 5.56 Å². The van der Waals surface area contributed by atoms with Crippen molar-refractivity contribution < 1.29 is 4.79 Å². The molecular weight excluding hydrogens is 304 g/mol. The lowest BCUT2D eigenvalue weighted by atomic mass is 10.2. The molecule has 0 aliphatic carbocycles. The van der Waals surface area contributed by atoms with E-state index in [4.69, 9.17) is 11.6 Å². The Kier molecular flexibility index (Phi) is 4.08. The molecule has 0 unspecified atom stereocenters. The van der Waals surface area contributed by atoms with E-state index in [0.717, 1.165) is 5.56 Å². The van der Waals surface area contributed by atoms with Gasteiger partial charge in [-0.1, -0.05) is 48.0 Å². The van der Waals surface area contributed by atoms with E-state index in [2.05, 4.69) is 10.3 Å². The van der Waals surface area contributed by atoms with Crippen LogP contribution in [-0.4, -0.2) is 11.1 Å². The van der Waals surface area contributed by atoms with Crippen molar-refractivity contribution in [3.8, 4) is 0 Å². The molecule has 3 nitrogen and oxygen atoms in total. The lowest BCUT2D eigenvalue weighted by Gasteiger charge is -1.96. The average molecular weight is 315 g/mol. The first-order chi connectivity index (χ1) is 10.2. The number of nitrogens with zero attached hydrogens (tertiary/aromatic N) is 1. The fourth-order valence-corrected chi connectivity index (χ4v) is 2.87. The van der Waals surface area contributed by atoms with E-state index >= 15 is 0 Å². The average Bonchev–Trinajstić information content (AvgIpc) is 2.80. The van der Waals surface area contributed by atoms with E-state index < -0.39 is 0 Å². The van der Waals surface area contributed by atoms with Crippen molar-refractivity contribution in [2.75, 3.05) is 0 Å². The predicted octanol–water partition coefficient (Wildman–Crippen LogP) is 4.23. The van der Waals surface area contributed by atoms with Gasteiger partial charge in [-0.15, -0.1) is 0 Å². The highest BCUT2D eigenvalue weighted by Crippen LogP contribution is 2.28. The van der Waals surface area contributed by atoms with Gasteiger partial charge in [-0.05, 0) is 41.6 Å². The molecule has 5 heteroatoms. The van der Waals surface area contributed by atoms with E-state index in [0.29, 0.717) is 20.8 Å². The lowest BCUT2D eigenvalue weighted by Crippen LogP contribution is -2.19. The fourth-order valence-electron chi connectivity index (χ4n) is 1.84. The van der Waals surface area contributed by atoms with Crippen LogP contribution < -0.4 is 5.32 Å². The standard InChI is InChI=1S/C16H11ClN2OS/c17-12-7-4-8-13(10-12)18-16-19-15(20)14(21-16)9-11-5-2-1-3-6-11/h1-10H,(H,18,19,20)/b14-9-. The van der Waals surface area contributed by atoms with Crippen LogP contribution in [0.3, 0.4) is 0 Å². The summed E-state index contributed by atoms with van der Waals surface area (Å²) < 4.78 is 0. The van der Waals surface area contributed by atoms with Gasteiger partial charge in [0.05, 0.1) is 10.6 Å². The van der Waals surface area contributed by atoms with Crippen molar-refractivity contribution in [1.29, 1.82) is 0 Å². The van der Waals surface area contributed by atoms with Gasteiger partial charge in [0.1, 0.15) is 0 Å². The van der Waals surface area contributed by atoms with E-state index in [1.54, 1.807) is 12.1 Å². The van der Waals surface area contributed by atoms with Crippen molar-refractivity contribution in [2.45, 2.75) is 0 Å². The minimum absolute atomic E-state index is 0.135. The summed E-state index contributed by atoms with van der Waals surface area (Å²) in [7, 11) is 0. The van der Waals surface area contributed by atoms with E-state index in [9.17, 15) is 4.79 Å². The van der Waals surface area contributed by atoms with Gasteiger partial charge in [-0.2, -0.15) is 0 Å². The lowest BCUT2D eigenvalue weighted by molar-refractivity contribution is -0.115. The normalized spacial score (nSPS) is 18.2. The number of hydrogen-bond donors (Lipinski definition) is 1. The molecule has 0 atom stereocenters. The van der Waals surface area contributed by atoms with Gasteiger partial charge in [0.15, 0.2) is 5.17 Å². The van der Waals surface area contributed by atoms with E-state index in [1.165, 1.54) is 11.8 Å². The minimum atomic E-state index is -0.135. The molecule has 0 aromatic heterocycles. The Balaban J connectivity index is 1.83. The fraction of sp³-hybridized carbons (Fsp3) is 0. The molecule has 1 heterocycles. The Morgan fingerprint density at radius 2 is 1.90 bits per heavy atom. The Bertz CT molecular complexity index is 741. The topological polar surface area (TPSA) is 41.5 Å². The molecule has 1 amide bonds. The van der Waals surface area contributed by atoms with Crippen LogP contribution in [-0.2, 0) is 4.79 Å². The minimum Gasteiger partial charge on any atom is -0.300 e. The second kappa shape index (κ2) is 6.16. The van der Waals surface area contributed by atoms with E-state index in [1.807, 2.05) is 48.5 Å². The molecule has 1 aliphatic heterocycles. The molecule has 2 aromatic rings. The zero-order valence-corrected chi connectivity index (χ0v) is 12.5. The first-order valence-electron chi connectivity index (χ1n) is 6.31. The molecule has 1 aliphatic rings. The Morgan fingerprint density at radius 3 is 2.67 bits per heavy atom. The van der Waals surface area contributed by atoms with Crippen molar-refractivity contribution in [3.63, 3.8) is 0 Å². The number of carbonyl (C=O) groups is 1. The number of nitrogens with one attached hydrogen (secondary N) is 1. The second-order valence-electron chi connectivity index (χ2n) is 4.37. The van der Waals surface area contributed by atoms with Crippen molar-refractivity contribution in [1.82, 2.24) is 5.32 Å². The van der Waals surface area contributed by atoms with Crippen LogP contribution in [0.4, 0.5) is 5.69 Å². The van der Waals surface area contributed by atoms with Crippen LogP contribution in [0.5, 0.6) is 0 Å². The van der Waals surface area contributed by atoms with Crippen molar-refractivity contribution >= 4 is 46.2 Å².